The average Bonchev–Trinajstić information content (AvgIpc) is 2.27. The summed E-state index contributed by atoms with van der Waals surface area (Å²) in [7, 11) is 0. The second kappa shape index (κ2) is 2.51. The van der Waals surface area contributed by atoms with Gasteiger partial charge in [-0.05, 0) is 12.3 Å². The van der Waals surface area contributed by atoms with Crippen molar-refractivity contribution in [2.24, 2.45) is 5.92 Å². The molecule has 2 aliphatic heterocycles. The van der Waals surface area contributed by atoms with Crippen LogP contribution in [0.15, 0.2) is 0 Å². The van der Waals surface area contributed by atoms with Crippen molar-refractivity contribution in [1.29, 1.82) is 0 Å². The second-order valence-electron chi connectivity index (χ2n) is 3.56. The first-order chi connectivity index (χ1) is 4.86. The summed E-state index contributed by atoms with van der Waals surface area (Å²) in [5, 5.41) is 0. The zero-order chi connectivity index (χ0) is 6.97. The van der Waals surface area contributed by atoms with Gasteiger partial charge in [0.15, 0.2) is 0 Å². The topological polar surface area (TPSA) is 12.5 Å². The molecular formula is C8H15NO. The van der Waals surface area contributed by atoms with Crippen molar-refractivity contribution in [1.82, 2.24) is 4.90 Å². The van der Waals surface area contributed by atoms with Gasteiger partial charge in [0, 0.05) is 19.1 Å². The molecule has 2 heteroatoms. The summed E-state index contributed by atoms with van der Waals surface area (Å²) in [5.41, 5.74) is 0. The van der Waals surface area contributed by atoms with Crippen LogP contribution in [0.1, 0.15) is 13.3 Å². The van der Waals surface area contributed by atoms with Crippen LogP contribution in [0.2, 0.25) is 0 Å². The van der Waals surface area contributed by atoms with Crippen molar-refractivity contribution in [2.45, 2.75) is 19.4 Å². The highest BCUT2D eigenvalue weighted by Crippen LogP contribution is 2.24. The number of morpholine rings is 1. The van der Waals surface area contributed by atoms with Crippen molar-refractivity contribution < 1.29 is 4.74 Å². The lowest BCUT2D eigenvalue weighted by Crippen LogP contribution is -2.40. The Morgan fingerprint density at radius 3 is 3.20 bits per heavy atom. The number of nitrogens with zero attached hydrogens (tertiary/aromatic N) is 1. The first-order valence-electron chi connectivity index (χ1n) is 4.18. The molecule has 0 aromatic carbocycles. The van der Waals surface area contributed by atoms with E-state index in [2.05, 4.69) is 11.8 Å². The van der Waals surface area contributed by atoms with Crippen molar-refractivity contribution in [3.05, 3.63) is 0 Å². The summed E-state index contributed by atoms with van der Waals surface area (Å²) in [6, 6.07) is 0.753. The third kappa shape index (κ3) is 1.06. The molecule has 2 atom stereocenters. The summed E-state index contributed by atoms with van der Waals surface area (Å²) in [6.45, 7) is 6.72. The van der Waals surface area contributed by atoms with Crippen molar-refractivity contribution in [3.8, 4) is 0 Å². The lowest BCUT2D eigenvalue weighted by molar-refractivity contribution is 0.0128. The predicted molar refractivity (Wildman–Crippen MR) is 40.0 cm³/mol. The molecule has 0 saturated carbocycles. The lowest BCUT2D eigenvalue weighted by atomic mass is 10.1. The molecule has 2 aliphatic rings. The number of hydrogen-bond donors (Lipinski definition) is 0. The third-order valence-corrected chi connectivity index (χ3v) is 2.57. The van der Waals surface area contributed by atoms with E-state index in [0.717, 1.165) is 31.7 Å². The summed E-state index contributed by atoms with van der Waals surface area (Å²) in [6.07, 6.45) is 1.35. The summed E-state index contributed by atoms with van der Waals surface area (Å²) < 4.78 is 5.39. The van der Waals surface area contributed by atoms with Crippen LogP contribution < -0.4 is 0 Å². The van der Waals surface area contributed by atoms with Crippen LogP contribution in [-0.2, 0) is 4.74 Å². The van der Waals surface area contributed by atoms with Gasteiger partial charge in [-0.3, -0.25) is 4.90 Å². The van der Waals surface area contributed by atoms with Crippen LogP contribution in [0, 0.1) is 5.92 Å². The third-order valence-electron chi connectivity index (χ3n) is 2.57. The van der Waals surface area contributed by atoms with Crippen molar-refractivity contribution in [3.63, 3.8) is 0 Å². The van der Waals surface area contributed by atoms with E-state index in [0.29, 0.717) is 0 Å². The number of hydrogen-bond acceptors (Lipinski definition) is 2. The first kappa shape index (κ1) is 6.62. The molecule has 0 spiro atoms. The van der Waals surface area contributed by atoms with Gasteiger partial charge in [-0.2, -0.15) is 0 Å². The summed E-state index contributed by atoms with van der Waals surface area (Å²) >= 11 is 0. The molecule has 0 N–H and O–H groups in total. The Labute approximate surface area is 62.2 Å². The monoisotopic (exact) mass is 141 g/mol. The van der Waals surface area contributed by atoms with Crippen LogP contribution in [0.25, 0.3) is 0 Å². The van der Waals surface area contributed by atoms with E-state index in [1.807, 2.05) is 0 Å². The highest BCUT2D eigenvalue weighted by Gasteiger charge is 2.31. The maximum atomic E-state index is 5.39. The van der Waals surface area contributed by atoms with Gasteiger partial charge in [0.2, 0.25) is 0 Å². The first-order valence-corrected chi connectivity index (χ1v) is 4.18. The zero-order valence-corrected chi connectivity index (χ0v) is 6.55. The van der Waals surface area contributed by atoms with Gasteiger partial charge < -0.3 is 4.74 Å². The van der Waals surface area contributed by atoms with Gasteiger partial charge in [-0.1, -0.05) is 6.92 Å². The van der Waals surface area contributed by atoms with Gasteiger partial charge in [0.25, 0.3) is 0 Å². The molecule has 58 valence electrons. The van der Waals surface area contributed by atoms with E-state index < -0.39 is 0 Å². The Bertz CT molecular complexity index is 112. The van der Waals surface area contributed by atoms with Crippen molar-refractivity contribution >= 4 is 0 Å². The minimum atomic E-state index is 0.753. The average molecular weight is 141 g/mol. The molecule has 0 aliphatic carbocycles. The van der Waals surface area contributed by atoms with Crippen LogP contribution in [0.4, 0.5) is 0 Å². The largest absolute Gasteiger partial charge is 0.378 e. The summed E-state index contributed by atoms with van der Waals surface area (Å²) in [5.74, 6) is 0.895. The molecular weight excluding hydrogens is 126 g/mol. The Morgan fingerprint density at radius 2 is 2.40 bits per heavy atom. The number of fused-ring (bicyclic) bond motifs is 1. The van der Waals surface area contributed by atoms with Crippen LogP contribution >= 0.6 is 0 Å². The molecule has 0 amide bonds. The molecule has 2 heterocycles. The Kier molecular flexibility index (Phi) is 1.66. The molecule has 2 nitrogen and oxygen atoms in total. The fraction of sp³-hybridized carbons (Fsp3) is 1.00. The predicted octanol–water partition coefficient (Wildman–Crippen LogP) is 0.727. The molecule has 2 fully saturated rings. The van der Waals surface area contributed by atoms with E-state index in [-0.39, 0.29) is 0 Å². The van der Waals surface area contributed by atoms with E-state index in [4.69, 9.17) is 4.74 Å². The van der Waals surface area contributed by atoms with E-state index >= 15 is 0 Å². The van der Waals surface area contributed by atoms with Crippen LogP contribution in [-0.4, -0.2) is 37.2 Å². The smallest absolute Gasteiger partial charge is 0.0622 e. The molecule has 0 radical (unpaired) electrons. The number of rotatable bonds is 0. The molecule has 2 rings (SSSR count). The van der Waals surface area contributed by atoms with E-state index in [9.17, 15) is 0 Å². The van der Waals surface area contributed by atoms with Crippen LogP contribution in [0.3, 0.4) is 0 Å². The van der Waals surface area contributed by atoms with Gasteiger partial charge in [-0.15, -0.1) is 0 Å². The molecule has 2 saturated heterocycles. The van der Waals surface area contributed by atoms with Gasteiger partial charge in [0.05, 0.1) is 13.2 Å². The number of ether oxygens (including phenoxy) is 1. The molecule has 0 bridgehead atoms. The maximum Gasteiger partial charge on any atom is 0.0622 e. The second-order valence-corrected chi connectivity index (χ2v) is 3.56. The fourth-order valence-electron chi connectivity index (χ4n) is 2.09. The molecule has 0 unspecified atom stereocenters. The minimum absolute atomic E-state index is 0.753. The minimum Gasteiger partial charge on any atom is -0.378 e. The van der Waals surface area contributed by atoms with E-state index in [1.165, 1.54) is 13.0 Å². The fourth-order valence-corrected chi connectivity index (χ4v) is 2.09. The van der Waals surface area contributed by atoms with E-state index in [1.54, 1.807) is 0 Å². The standard InChI is InChI=1S/C8H15NO/c1-7-4-8-6-10-3-2-9(8)5-7/h7-8H,2-6H2,1H3/t7-,8+/m0/s1. The van der Waals surface area contributed by atoms with Gasteiger partial charge in [-0.25, -0.2) is 0 Å². The lowest BCUT2D eigenvalue weighted by Gasteiger charge is -2.28. The quantitative estimate of drug-likeness (QED) is 0.493. The van der Waals surface area contributed by atoms with Gasteiger partial charge >= 0.3 is 0 Å². The van der Waals surface area contributed by atoms with Gasteiger partial charge in [0.1, 0.15) is 0 Å². The Morgan fingerprint density at radius 1 is 1.50 bits per heavy atom. The highest BCUT2D eigenvalue weighted by molar-refractivity contribution is 4.84. The van der Waals surface area contributed by atoms with Crippen LogP contribution in [0.5, 0.6) is 0 Å². The Hall–Kier alpha value is -0.0800. The highest BCUT2D eigenvalue weighted by atomic mass is 16.5. The maximum absolute atomic E-state index is 5.39. The SMILES string of the molecule is C[C@H]1C[C@@H]2COCCN2C1. The normalized spacial score (nSPS) is 41.7. The molecule has 0 aromatic heterocycles. The molecule has 0 aromatic rings. The zero-order valence-electron chi connectivity index (χ0n) is 6.55. The summed E-state index contributed by atoms with van der Waals surface area (Å²) in [4.78, 5) is 2.56. The van der Waals surface area contributed by atoms with Crippen molar-refractivity contribution in [2.75, 3.05) is 26.3 Å². The molecule has 10 heavy (non-hydrogen) atoms. The Balaban J connectivity index is 1.97.